The van der Waals surface area contributed by atoms with Crippen molar-refractivity contribution in [3.63, 3.8) is 0 Å². The van der Waals surface area contributed by atoms with Crippen molar-refractivity contribution in [3.05, 3.63) is 54.1 Å². The van der Waals surface area contributed by atoms with Gasteiger partial charge < -0.3 is 5.32 Å². The van der Waals surface area contributed by atoms with E-state index in [0.717, 1.165) is 22.3 Å². The lowest BCUT2D eigenvalue weighted by Gasteiger charge is -2.21. The van der Waals surface area contributed by atoms with Gasteiger partial charge in [-0.05, 0) is 59.6 Å². The Hall–Kier alpha value is -0.0600. The van der Waals surface area contributed by atoms with Gasteiger partial charge in [-0.3, -0.25) is 0 Å². The lowest BCUT2D eigenvalue weighted by Crippen LogP contribution is -2.24. The number of benzene rings is 1. The van der Waals surface area contributed by atoms with Crippen molar-refractivity contribution in [2.45, 2.75) is 26.3 Å². The van der Waals surface area contributed by atoms with Crippen LogP contribution in [0, 0.1) is 6.92 Å². The molecule has 0 saturated heterocycles. The number of hydrogen-bond acceptors (Lipinski definition) is 2. The summed E-state index contributed by atoms with van der Waals surface area (Å²) in [5, 5.41) is 4.96. The second kappa shape index (κ2) is 7.28. The third kappa shape index (κ3) is 3.58. The van der Waals surface area contributed by atoms with Crippen LogP contribution >= 0.6 is 50.5 Å². The summed E-state index contributed by atoms with van der Waals surface area (Å²) in [6.07, 6.45) is 1.06. The van der Waals surface area contributed by atoms with Gasteiger partial charge in [0.2, 0.25) is 0 Å². The van der Waals surface area contributed by atoms with Gasteiger partial charge in [0.1, 0.15) is 0 Å². The highest BCUT2D eigenvalue weighted by Crippen LogP contribution is 2.39. The van der Waals surface area contributed by atoms with E-state index >= 15 is 0 Å². The summed E-state index contributed by atoms with van der Waals surface area (Å²) < 4.78 is 1.12. The fourth-order valence-corrected chi connectivity index (χ4v) is 4.55. The van der Waals surface area contributed by atoms with Gasteiger partial charge in [-0.25, -0.2) is 0 Å². The summed E-state index contributed by atoms with van der Waals surface area (Å²) >= 11 is 18.0. The zero-order valence-corrected chi connectivity index (χ0v) is 15.3. The molecule has 0 radical (unpaired) electrons. The minimum Gasteiger partial charge on any atom is -0.306 e. The topological polar surface area (TPSA) is 12.0 Å². The van der Waals surface area contributed by atoms with Gasteiger partial charge >= 0.3 is 0 Å². The quantitative estimate of drug-likeness (QED) is 0.637. The lowest BCUT2D eigenvalue weighted by molar-refractivity contribution is 0.598. The minimum absolute atomic E-state index is 0.0266. The summed E-state index contributed by atoms with van der Waals surface area (Å²) in [5.74, 6) is 0. The molecular formula is C15H16BrCl2NS. The third-order valence-electron chi connectivity index (χ3n) is 3.12. The van der Waals surface area contributed by atoms with Crippen LogP contribution in [0.15, 0.2) is 28.1 Å². The summed E-state index contributed by atoms with van der Waals surface area (Å²) in [6.45, 7) is 5.18. The molecule has 0 spiro atoms. The molecule has 1 unspecified atom stereocenters. The number of rotatable bonds is 5. The molecule has 0 aliphatic carbocycles. The van der Waals surface area contributed by atoms with E-state index in [0.29, 0.717) is 10.0 Å². The molecule has 0 fully saturated rings. The Balaban J connectivity index is 2.50. The molecular weight excluding hydrogens is 377 g/mol. The van der Waals surface area contributed by atoms with Crippen LogP contribution in [-0.4, -0.2) is 6.54 Å². The Kier molecular flexibility index (Phi) is 5.94. The van der Waals surface area contributed by atoms with E-state index in [1.807, 2.05) is 18.2 Å². The smallest absolute Gasteiger partial charge is 0.0704 e. The van der Waals surface area contributed by atoms with Gasteiger partial charge in [-0.1, -0.05) is 36.2 Å². The van der Waals surface area contributed by atoms with Crippen molar-refractivity contribution in [2.24, 2.45) is 0 Å². The molecule has 2 aromatic rings. The monoisotopic (exact) mass is 391 g/mol. The molecule has 20 heavy (non-hydrogen) atoms. The molecule has 1 aromatic heterocycles. The average molecular weight is 393 g/mol. The standard InChI is InChI=1S/C15H16BrCl2NS/c1-3-7-19-15(10-8-13(16)20-9(10)2)14-11(17)5-4-6-12(14)18/h4-6,8,15,19H,3,7H2,1-2H3. The first-order valence-electron chi connectivity index (χ1n) is 6.47. The van der Waals surface area contributed by atoms with Crippen LogP contribution in [0.3, 0.4) is 0 Å². The van der Waals surface area contributed by atoms with Crippen LogP contribution in [0.25, 0.3) is 0 Å². The molecule has 0 aliphatic heterocycles. The molecule has 1 N–H and O–H groups in total. The normalized spacial score (nSPS) is 12.7. The van der Waals surface area contributed by atoms with E-state index in [1.54, 1.807) is 11.3 Å². The molecule has 1 nitrogen and oxygen atoms in total. The lowest BCUT2D eigenvalue weighted by atomic mass is 9.99. The zero-order chi connectivity index (χ0) is 14.7. The van der Waals surface area contributed by atoms with Crippen LogP contribution < -0.4 is 5.32 Å². The van der Waals surface area contributed by atoms with Gasteiger partial charge in [0.25, 0.3) is 0 Å². The number of hydrogen-bond donors (Lipinski definition) is 1. The van der Waals surface area contributed by atoms with Gasteiger partial charge in [-0.15, -0.1) is 11.3 Å². The van der Waals surface area contributed by atoms with Gasteiger partial charge in [-0.2, -0.15) is 0 Å². The summed E-state index contributed by atoms with van der Waals surface area (Å²) in [5.41, 5.74) is 2.18. The maximum absolute atomic E-state index is 6.38. The average Bonchev–Trinajstić information content (AvgIpc) is 2.72. The third-order valence-corrected chi connectivity index (χ3v) is 5.35. The first kappa shape index (κ1) is 16.3. The highest BCUT2D eigenvalue weighted by atomic mass is 79.9. The molecule has 5 heteroatoms. The molecule has 108 valence electrons. The molecule has 0 saturated carbocycles. The molecule has 0 amide bonds. The van der Waals surface area contributed by atoms with E-state index in [2.05, 4.69) is 41.2 Å². The van der Waals surface area contributed by atoms with E-state index < -0.39 is 0 Å². The predicted molar refractivity (Wildman–Crippen MR) is 93.4 cm³/mol. The predicted octanol–water partition coefficient (Wildman–Crippen LogP) is 6.21. The van der Waals surface area contributed by atoms with Gasteiger partial charge in [0.15, 0.2) is 0 Å². The highest BCUT2D eigenvalue weighted by molar-refractivity contribution is 9.11. The fraction of sp³-hybridized carbons (Fsp3) is 0.333. The SMILES string of the molecule is CCCNC(c1cc(Br)sc1C)c1c(Cl)cccc1Cl. The first-order chi connectivity index (χ1) is 9.54. The maximum Gasteiger partial charge on any atom is 0.0704 e. The second-order valence-corrected chi connectivity index (χ2v) is 8.03. The van der Waals surface area contributed by atoms with E-state index in [4.69, 9.17) is 23.2 Å². The largest absolute Gasteiger partial charge is 0.306 e. The van der Waals surface area contributed by atoms with Crippen molar-refractivity contribution >= 4 is 50.5 Å². The van der Waals surface area contributed by atoms with Crippen molar-refractivity contribution in [1.29, 1.82) is 0 Å². The van der Waals surface area contributed by atoms with Crippen molar-refractivity contribution in [1.82, 2.24) is 5.32 Å². The van der Waals surface area contributed by atoms with Crippen molar-refractivity contribution in [2.75, 3.05) is 6.54 Å². The Morgan fingerprint density at radius 2 is 1.95 bits per heavy atom. The fourth-order valence-electron chi connectivity index (χ4n) is 2.19. The van der Waals surface area contributed by atoms with Crippen LogP contribution in [-0.2, 0) is 0 Å². The summed E-state index contributed by atoms with van der Waals surface area (Å²) in [6, 6.07) is 7.83. The summed E-state index contributed by atoms with van der Waals surface area (Å²) in [7, 11) is 0. The Morgan fingerprint density at radius 3 is 2.45 bits per heavy atom. The van der Waals surface area contributed by atoms with Crippen molar-refractivity contribution in [3.8, 4) is 0 Å². The molecule has 0 aliphatic rings. The van der Waals surface area contributed by atoms with Gasteiger partial charge in [0.05, 0.1) is 9.83 Å². The first-order valence-corrected chi connectivity index (χ1v) is 8.84. The number of nitrogens with one attached hydrogen (secondary N) is 1. The molecule has 1 aromatic carbocycles. The molecule has 1 heterocycles. The Morgan fingerprint density at radius 1 is 1.30 bits per heavy atom. The zero-order valence-electron chi connectivity index (χ0n) is 11.3. The van der Waals surface area contributed by atoms with Crippen molar-refractivity contribution < 1.29 is 0 Å². The van der Waals surface area contributed by atoms with E-state index in [9.17, 15) is 0 Å². The minimum atomic E-state index is 0.0266. The molecule has 1 atom stereocenters. The van der Waals surface area contributed by atoms with Gasteiger partial charge in [0, 0.05) is 20.5 Å². The maximum atomic E-state index is 6.38. The summed E-state index contributed by atoms with van der Waals surface area (Å²) in [4.78, 5) is 1.27. The van der Waals surface area contributed by atoms with Crippen LogP contribution in [0.4, 0.5) is 0 Å². The highest BCUT2D eigenvalue weighted by Gasteiger charge is 2.22. The molecule has 2 rings (SSSR count). The molecule has 0 bridgehead atoms. The number of thiophene rings is 1. The van der Waals surface area contributed by atoms with E-state index in [-0.39, 0.29) is 6.04 Å². The Labute approximate surface area is 142 Å². The van der Waals surface area contributed by atoms with E-state index in [1.165, 1.54) is 10.4 Å². The number of halogens is 3. The Bertz CT molecular complexity index is 577. The second-order valence-electron chi connectivity index (χ2n) is 4.58. The van der Waals surface area contributed by atoms with Crippen LogP contribution in [0.1, 0.15) is 35.4 Å². The van der Waals surface area contributed by atoms with Crippen LogP contribution in [0.2, 0.25) is 10.0 Å². The van der Waals surface area contributed by atoms with Crippen LogP contribution in [0.5, 0.6) is 0 Å². The number of aryl methyl sites for hydroxylation is 1.